The molecule has 0 unspecified atom stereocenters. The molecule has 0 saturated heterocycles. The average Bonchev–Trinajstić information content (AvgIpc) is 3.11. The van der Waals surface area contributed by atoms with Crippen molar-refractivity contribution in [2.45, 2.75) is 25.5 Å². The Labute approximate surface area is 197 Å². The summed E-state index contributed by atoms with van der Waals surface area (Å²) in [7, 11) is 0. The second-order valence-corrected chi connectivity index (χ2v) is 7.97. The number of alkyl carbamates (subject to hydrolysis) is 1. The number of carbonyl (C=O) groups excluding carboxylic acids is 4. The van der Waals surface area contributed by atoms with Gasteiger partial charge >= 0.3 is 6.09 Å². The molecule has 0 aliphatic carbocycles. The summed E-state index contributed by atoms with van der Waals surface area (Å²) in [5.74, 6) is -0.972. The van der Waals surface area contributed by atoms with Crippen LogP contribution in [0.2, 0.25) is 0 Å². The van der Waals surface area contributed by atoms with Crippen molar-refractivity contribution < 1.29 is 23.9 Å². The highest BCUT2D eigenvalue weighted by Gasteiger charge is 2.35. The number of ether oxygens (including phenoxy) is 1. The molecule has 0 saturated carbocycles. The van der Waals surface area contributed by atoms with Gasteiger partial charge in [-0.3, -0.25) is 19.3 Å². The highest BCUT2D eigenvalue weighted by molar-refractivity contribution is 6.21. The van der Waals surface area contributed by atoms with Crippen LogP contribution in [0, 0.1) is 0 Å². The van der Waals surface area contributed by atoms with Gasteiger partial charge in [0.15, 0.2) is 0 Å². The Morgan fingerprint density at radius 1 is 0.794 bits per heavy atom. The lowest BCUT2D eigenvalue weighted by Crippen LogP contribution is -2.33. The predicted molar refractivity (Wildman–Crippen MR) is 125 cm³/mol. The summed E-state index contributed by atoms with van der Waals surface area (Å²) in [6.07, 6.45) is -0.630. The Bertz CT molecular complexity index is 1160. The summed E-state index contributed by atoms with van der Waals surface area (Å²) < 4.78 is 5.31. The lowest BCUT2D eigenvalue weighted by molar-refractivity contribution is -0.119. The average molecular weight is 456 g/mol. The number of ketones is 1. The molecule has 4 rings (SSSR count). The molecule has 7 heteroatoms. The predicted octanol–water partition coefficient (Wildman–Crippen LogP) is 4.30. The Morgan fingerprint density at radius 3 is 1.97 bits per heavy atom. The largest absolute Gasteiger partial charge is 0.445 e. The van der Waals surface area contributed by atoms with E-state index >= 15 is 0 Å². The molecule has 1 N–H and O–H groups in total. The monoisotopic (exact) mass is 456 g/mol. The van der Waals surface area contributed by atoms with E-state index in [1.807, 2.05) is 60.7 Å². The molecule has 7 nitrogen and oxygen atoms in total. The van der Waals surface area contributed by atoms with Crippen LogP contribution in [-0.4, -0.2) is 35.1 Å². The summed E-state index contributed by atoms with van der Waals surface area (Å²) in [4.78, 5) is 51.3. The number of hydrogen-bond donors (Lipinski definition) is 1. The van der Waals surface area contributed by atoms with Crippen LogP contribution in [-0.2, 0) is 16.1 Å². The van der Waals surface area contributed by atoms with Crippen molar-refractivity contribution in [3.05, 3.63) is 107 Å². The molecule has 3 amide bonds. The van der Waals surface area contributed by atoms with E-state index in [1.165, 1.54) is 0 Å². The van der Waals surface area contributed by atoms with Gasteiger partial charge in [-0.25, -0.2) is 4.79 Å². The van der Waals surface area contributed by atoms with Crippen LogP contribution in [0.4, 0.5) is 4.79 Å². The van der Waals surface area contributed by atoms with E-state index in [0.29, 0.717) is 11.1 Å². The van der Waals surface area contributed by atoms with Crippen molar-refractivity contribution in [2.24, 2.45) is 0 Å². The highest BCUT2D eigenvalue weighted by atomic mass is 16.5. The van der Waals surface area contributed by atoms with Gasteiger partial charge in [-0.2, -0.15) is 0 Å². The standard InChI is InChI=1S/C27H24N2O5/c30-21(15-16-29-25(31)22-13-7-8-14-23(22)26(29)32)17-24(20-11-5-2-6-12-20)28-27(33)34-18-19-9-3-1-4-10-19/h1-14,24H,15-18H2,(H,28,33)/t24-/m0/s1. The van der Waals surface area contributed by atoms with Crippen LogP contribution in [0.3, 0.4) is 0 Å². The third-order valence-electron chi connectivity index (χ3n) is 5.63. The van der Waals surface area contributed by atoms with E-state index < -0.39 is 23.9 Å². The molecule has 0 fully saturated rings. The topological polar surface area (TPSA) is 92.8 Å². The summed E-state index contributed by atoms with van der Waals surface area (Å²) in [6.45, 7) is 0.104. The molecule has 172 valence electrons. The van der Waals surface area contributed by atoms with Crippen LogP contribution >= 0.6 is 0 Å². The van der Waals surface area contributed by atoms with E-state index in [2.05, 4.69) is 5.32 Å². The fraction of sp³-hybridized carbons (Fsp3) is 0.185. The van der Waals surface area contributed by atoms with Gasteiger partial charge in [0.05, 0.1) is 17.2 Å². The molecule has 0 aromatic heterocycles. The van der Waals surface area contributed by atoms with Gasteiger partial charge in [0.1, 0.15) is 12.4 Å². The first kappa shape index (κ1) is 22.9. The number of fused-ring (bicyclic) bond motifs is 1. The van der Waals surface area contributed by atoms with Crippen molar-refractivity contribution in [2.75, 3.05) is 6.54 Å². The normalized spacial score (nSPS) is 13.4. The minimum absolute atomic E-state index is 0.00442. The van der Waals surface area contributed by atoms with Crippen LogP contribution < -0.4 is 5.32 Å². The highest BCUT2D eigenvalue weighted by Crippen LogP contribution is 2.23. The molecule has 1 aliphatic heterocycles. The molecule has 1 atom stereocenters. The van der Waals surface area contributed by atoms with E-state index in [9.17, 15) is 19.2 Å². The zero-order valence-electron chi connectivity index (χ0n) is 18.5. The number of nitrogens with one attached hydrogen (secondary N) is 1. The number of hydrogen-bond acceptors (Lipinski definition) is 5. The molecule has 0 bridgehead atoms. The maximum Gasteiger partial charge on any atom is 0.407 e. The number of amides is 3. The fourth-order valence-corrected chi connectivity index (χ4v) is 3.85. The first-order chi connectivity index (χ1) is 16.5. The van der Waals surface area contributed by atoms with Crippen molar-refractivity contribution >= 4 is 23.7 Å². The SMILES string of the molecule is O=C(CCN1C(=O)c2ccccc2C1=O)C[C@H](NC(=O)OCc1ccccc1)c1ccccc1. The first-order valence-electron chi connectivity index (χ1n) is 11.0. The van der Waals surface area contributed by atoms with Crippen molar-refractivity contribution in [1.82, 2.24) is 10.2 Å². The number of benzene rings is 3. The number of carbonyl (C=O) groups is 4. The smallest absolute Gasteiger partial charge is 0.407 e. The maximum absolute atomic E-state index is 12.8. The summed E-state index contributed by atoms with van der Waals surface area (Å²) >= 11 is 0. The van der Waals surface area contributed by atoms with Crippen LogP contribution in [0.15, 0.2) is 84.9 Å². The number of imide groups is 1. The van der Waals surface area contributed by atoms with Crippen molar-refractivity contribution in [3.8, 4) is 0 Å². The molecule has 0 spiro atoms. The van der Waals surface area contributed by atoms with Gasteiger partial charge < -0.3 is 10.1 Å². The minimum atomic E-state index is -0.633. The Balaban J connectivity index is 1.36. The van der Waals surface area contributed by atoms with Crippen molar-refractivity contribution in [3.63, 3.8) is 0 Å². The molecule has 3 aromatic rings. The maximum atomic E-state index is 12.8. The van der Waals surface area contributed by atoms with Crippen LogP contribution in [0.25, 0.3) is 0 Å². The van der Waals surface area contributed by atoms with Gasteiger partial charge in [0.2, 0.25) is 0 Å². The lowest BCUT2D eigenvalue weighted by atomic mass is 10.00. The summed E-state index contributed by atoms with van der Waals surface area (Å²) in [5, 5.41) is 2.76. The van der Waals surface area contributed by atoms with Gasteiger partial charge in [-0.1, -0.05) is 72.8 Å². The van der Waals surface area contributed by atoms with Gasteiger partial charge in [0.25, 0.3) is 11.8 Å². The van der Waals surface area contributed by atoms with E-state index in [-0.39, 0.29) is 31.8 Å². The number of Topliss-reactive ketones (excluding diaryl/α,β-unsaturated/α-hetero) is 1. The molecule has 0 radical (unpaired) electrons. The molecule has 3 aromatic carbocycles. The van der Waals surface area contributed by atoms with E-state index in [1.54, 1.807) is 24.3 Å². The fourth-order valence-electron chi connectivity index (χ4n) is 3.85. The lowest BCUT2D eigenvalue weighted by Gasteiger charge is -2.19. The first-order valence-corrected chi connectivity index (χ1v) is 11.0. The Kier molecular flexibility index (Phi) is 7.13. The number of nitrogens with zero attached hydrogens (tertiary/aromatic N) is 1. The Morgan fingerprint density at radius 2 is 1.35 bits per heavy atom. The molecular formula is C27H24N2O5. The van der Waals surface area contributed by atoms with Gasteiger partial charge in [-0.05, 0) is 23.3 Å². The zero-order chi connectivity index (χ0) is 23.9. The van der Waals surface area contributed by atoms with Crippen LogP contribution in [0.1, 0.15) is 50.7 Å². The third-order valence-corrected chi connectivity index (χ3v) is 5.63. The minimum Gasteiger partial charge on any atom is -0.445 e. The Hall–Kier alpha value is -4.26. The second kappa shape index (κ2) is 10.6. The number of rotatable bonds is 9. The van der Waals surface area contributed by atoms with E-state index in [0.717, 1.165) is 16.0 Å². The molecule has 1 heterocycles. The third kappa shape index (κ3) is 5.38. The van der Waals surface area contributed by atoms with E-state index in [4.69, 9.17) is 4.74 Å². The van der Waals surface area contributed by atoms with Crippen LogP contribution in [0.5, 0.6) is 0 Å². The zero-order valence-corrected chi connectivity index (χ0v) is 18.5. The van der Waals surface area contributed by atoms with Gasteiger partial charge in [0, 0.05) is 19.4 Å². The summed E-state index contributed by atoms with van der Waals surface area (Å²) in [5.41, 5.74) is 2.31. The van der Waals surface area contributed by atoms with Gasteiger partial charge in [-0.15, -0.1) is 0 Å². The van der Waals surface area contributed by atoms with Crippen molar-refractivity contribution in [1.29, 1.82) is 0 Å². The summed E-state index contributed by atoms with van der Waals surface area (Å²) in [6, 6.07) is 24.4. The molecule has 34 heavy (non-hydrogen) atoms. The molecule has 1 aliphatic rings. The quantitative estimate of drug-likeness (QED) is 0.485. The molecular weight excluding hydrogens is 432 g/mol. The second-order valence-electron chi connectivity index (χ2n) is 7.97.